The van der Waals surface area contributed by atoms with E-state index in [-0.39, 0.29) is 5.41 Å². The lowest BCUT2D eigenvalue weighted by molar-refractivity contribution is -0.114. The van der Waals surface area contributed by atoms with Crippen LogP contribution in [0.2, 0.25) is 0 Å². The van der Waals surface area contributed by atoms with E-state index in [4.69, 9.17) is 4.74 Å². The molecular weight excluding hydrogens is 150 g/mol. The van der Waals surface area contributed by atoms with E-state index >= 15 is 0 Å². The van der Waals surface area contributed by atoms with Gasteiger partial charge in [0.25, 0.3) is 0 Å². The van der Waals surface area contributed by atoms with Gasteiger partial charge in [0.2, 0.25) is 0 Å². The molecule has 0 aromatic rings. The summed E-state index contributed by atoms with van der Waals surface area (Å²) in [5.41, 5.74) is 0.267. The summed E-state index contributed by atoms with van der Waals surface area (Å²) in [5, 5.41) is 0. The fourth-order valence-electron chi connectivity index (χ4n) is 1.64. The Morgan fingerprint density at radius 2 is 1.83 bits per heavy atom. The monoisotopic (exact) mass is 171 g/mol. The van der Waals surface area contributed by atoms with Gasteiger partial charge in [0.05, 0.1) is 12.2 Å². The van der Waals surface area contributed by atoms with Crippen LogP contribution in [-0.2, 0) is 4.74 Å². The van der Waals surface area contributed by atoms with E-state index in [0.29, 0.717) is 12.2 Å². The number of ether oxygens (including phenoxy) is 1. The maximum Gasteiger partial charge on any atom is 0.0754 e. The fourth-order valence-corrected chi connectivity index (χ4v) is 1.64. The minimum atomic E-state index is 0.267. The molecule has 2 heteroatoms. The molecular formula is C10H21NO. The van der Waals surface area contributed by atoms with Gasteiger partial charge in [-0.2, -0.15) is 0 Å². The van der Waals surface area contributed by atoms with E-state index in [1.807, 2.05) is 0 Å². The Kier molecular flexibility index (Phi) is 2.79. The molecule has 1 saturated heterocycles. The Morgan fingerprint density at radius 3 is 2.25 bits per heavy atom. The quantitative estimate of drug-likeness (QED) is 0.550. The largest absolute Gasteiger partial charge is 0.372 e. The number of nitrogens with zero attached hydrogens (tertiary/aromatic N) is 1. The molecule has 1 heterocycles. The average molecular weight is 171 g/mol. The highest BCUT2D eigenvalue weighted by Gasteiger charge is 2.31. The molecule has 0 bridgehead atoms. The van der Waals surface area contributed by atoms with Crippen LogP contribution < -0.4 is 0 Å². The summed E-state index contributed by atoms with van der Waals surface area (Å²) >= 11 is 0. The number of hydrogen-bond acceptors (Lipinski definition) is 2. The molecule has 1 aliphatic rings. The van der Waals surface area contributed by atoms with Crippen LogP contribution in [0.25, 0.3) is 0 Å². The molecule has 0 radical (unpaired) electrons. The van der Waals surface area contributed by atoms with Crippen LogP contribution in [0.1, 0.15) is 27.7 Å². The van der Waals surface area contributed by atoms with Gasteiger partial charge in [-0.3, -0.25) is 0 Å². The SMILES string of the molecule is CC1CN(C)CC(C(C)(C)C)O1. The lowest BCUT2D eigenvalue weighted by Gasteiger charge is -2.41. The second kappa shape index (κ2) is 3.35. The number of morpholine rings is 1. The van der Waals surface area contributed by atoms with Gasteiger partial charge in [-0.05, 0) is 19.4 Å². The Morgan fingerprint density at radius 1 is 1.25 bits per heavy atom. The highest BCUT2D eigenvalue weighted by atomic mass is 16.5. The van der Waals surface area contributed by atoms with Crippen molar-refractivity contribution in [2.24, 2.45) is 5.41 Å². The zero-order valence-corrected chi connectivity index (χ0v) is 8.92. The van der Waals surface area contributed by atoms with Crippen LogP contribution in [-0.4, -0.2) is 37.2 Å². The lowest BCUT2D eigenvalue weighted by Crippen LogP contribution is -2.49. The van der Waals surface area contributed by atoms with Gasteiger partial charge in [-0.25, -0.2) is 0 Å². The molecule has 2 nitrogen and oxygen atoms in total. The second-order valence-electron chi connectivity index (χ2n) is 5.02. The molecule has 0 aromatic heterocycles. The van der Waals surface area contributed by atoms with E-state index in [1.54, 1.807) is 0 Å². The van der Waals surface area contributed by atoms with Gasteiger partial charge < -0.3 is 9.64 Å². The zero-order chi connectivity index (χ0) is 9.35. The molecule has 1 rings (SSSR count). The molecule has 12 heavy (non-hydrogen) atoms. The molecule has 1 aliphatic heterocycles. The van der Waals surface area contributed by atoms with Crippen molar-refractivity contribution < 1.29 is 4.74 Å². The first-order chi connectivity index (χ1) is 5.39. The van der Waals surface area contributed by atoms with Crippen molar-refractivity contribution in [3.63, 3.8) is 0 Å². The van der Waals surface area contributed by atoms with Crippen LogP contribution in [0.3, 0.4) is 0 Å². The third kappa shape index (κ3) is 2.46. The summed E-state index contributed by atoms with van der Waals surface area (Å²) in [6, 6.07) is 0. The normalized spacial score (nSPS) is 33.8. The van der Waals surface area contributed by atoms with Gasteiger partial charge in [0.15, 0.2) is 0 Å². The highest BCUT2D eigenvalue weighted by molar-refractivity contribution is 4.82. The van der Waals surface area contributed by atoms with E-state index in [0.717, 1.165) is 13.1 Å². The third-order valence-electron chi connectivity index (χ3n) is 2.41. The van der Waals surface area contributed by atoms with Crippen LogP contribution >= 0.6 is 0 Å². The van der Waals surface area contributed by atoms with Crippen LogP contribution in [0.15, 0.2) is 0 Å². The first-order valence-electron chi connectivity index (χ1n) is 4.73. The number of rotatable bonds is 0. The molecule has 2 atom stereocenters. The van der Waals surface area contributed by atoms with Gasteiger partial charge >= 0.3 is 0 Å². The smallest absolute Gasteiger partial charge is 0.0754 e. The fraction of sp³-hybridized carbons (Fsp3) is 1.00. The second-order valence-corrected chi connectivity index (χ2v) is 5.02. The van der Waals surface area contributed by atoms with Crippen molar-refractivity contribution in [1.82, 2.24) is 4.90 Å². The zero-order valence-electron chi connectivity index (χ0n) is 8.92. The van der Waals surface area contributed by atoms with Crippen molar-refractivity contribution in [2.75, 3.05) is 20.1 Å². The topological polar surface area (TPSA) is 12.5 Å². The third-order valence-corrected chi connectivity index (χ3v) is 2.41. The van der Waals surface area contributed by atoms with Crippen LogP contribution in [0.4, 0.5) is 0 Å². The standard InChI is InChI=1S/C10H21NO/c1-8-6-11(5)7-9(12-8)10(2,3)4/h8-9H,6-7H2,1-5H3. The van der Waals surface area contributed by atoms with Gasteiger partial charge in [0.1, 0.15) is 0 Å². The molecule has 0 N–H and O–H groups in total. The molecule has 0 amide bonds. The summed E-state index contributed by atoms with van der Waals surface area (Å²) in [5.74, 6) is 0. The molecule has 1 fully saturated rings. The molecule has 0 saturated carbocycles. The maximum absolute atomic E-state index is 5.88. The van der Waals surface area contributed by atoms with E-state index in [1.165, 1.54) is 0 Å². The van der Waals surface area contributed by atoms with Crippen molar-refractivity contribution in [3.05, 3.63) is 0 Å². The summed E-state index contributed by atoms with van der Waals surface area (Å²) in [6.45, 7) is 11.0. The van der Waals surface area contributed by atoms with Crippen molar-refractivity contribution in [3.8, 4) is 0 Å². The molecule has 0 aliphatic carbocycles. The van der Waals surface area contributed by atoms with E-state index < -0.39 is 0 Å². The Bertz CT molecular complexity index is 140. The summed E-state index contributed by atoms with van der Waals surface area (Å²) in [4.78, 5) is 2.35. The minimum Gasteiger partial charge on any atom is -0.372 e. The predicted octanol–water partition coefficient (Wildman–Crippen LogP) is 1.75. The van der Waals surface area contributed by atoms with E-state index in [9.17, 15) is 0 Å². The summed E-state index contributed by atoms with van der Waals surface area (Å²) in [6.07, 6.45) is 0.763. The lowest BCUT2D eigenvalue weighted by atomic mass is 9.88. The van der Waals surface area contributed by atoms with Crippen molar-refractivity contribution in [1.29, 1.82) is 0 Å². The summed E-state index contributed by atoms with van der Waals surface area (Å²) in [7, 11) is 2.16. The first kappa shape index (κ1) is 10.0. The van der Waals surface area contributed by atoms with Crippen molar-refractivity contribution >= 4 is 0 Å². The van der Waals surface area contributed by atoms with Gasteiger partial charge in [0, 0.05) is 13.1 Å². The average Bonchev–Trinajstić information content (AvgIpc) is 1.82. The van der Waals surface area contributed by atoms with E-state index in [2.05, 4.69) is 39.6 Å². The Labute approximate surface area is 75.9 Å². The molecule has 0 spiro atoms. The van der Waals surface area contributed by atoms with Crippen LogP contribution in [0, 0.1) is 5.41 Å². The predicted molar refractivity (Wildman–Crippen MR) is 51.3 cm³/mol. The molecule has 72 valence electrons. The number of likely N-dealkylation sites (N-methyl/N-ethyl adjacent to an activating group) is 1. The Balaban J connectivity index is 2.55. The summed E-state index contributed by atoms with van der Waals surface area (Å²) < 4.78 is 5.88. The minimum absolute atomic E-state index is 0.267. The number of hydrogen-bond donors (Lipinski definition) is 0. The van der Waals surface area contributed by atoms with Gasteiger partial charge in [-0.15, -0.1) is 0 Å². The molecule has 0 aromatic carbocycles. The van der Waals surface area contributed by atoms with Crippen molar-refractivity contribution in [2.45, 2.75) is 39.9 Å². The molecule has 2 unspecified atom stereocenters. The van der Waals surface area contributed by atoms with Crippen LogP contribution in [0.5, 0.6) is 0 Å². The highest BCUT2D eigenvalue weighted by Crippen LogP contribution is 2.26. The first-order valence-corrected chi connectivity index (χ1v) is 4.73. The van der Waals surface area contributed by atoms with Gasteiger partial charge in [-0.1, -0.05) is 20.8 Å². The Hall–Kier alpha value is -0.0800. The maximum atomic E-state index is 5.88.